The van der Waals surface area contributed by atoms with Crippen molar-refractivity contribution in [3.05, 3.63) is 84.8 Å². The number of hydrogen-bond donors (Lipinski definition) is 2. The van der Waals surface area contributed by atoms with Crippen LogP contribution in [0, 0.1) is 5.82 Å². The minimum atomic E-state index is -0.316. The van der Waals surface area contributed by atoms with E-state index in [9.17, 15) is 9.18 Å². The molecule has 0 spiro atoms. The highest BCUT2D eigenvalue weighted by atomic mass is 19.1. The molecular weight excluding hydrogens is 393 g/mol. The van der Waals surface area contributed by atoms with Crippen LogP contribution in [0.25, 0.3) is 33.1 Å². The molecule has 2 aromatic carbocycles. The molecule has 0 saturated heterocycles. The molecule has 0 fully saturated rings. The van der Waals surface area contributed by atoms with Gasteiger partial charge in [0.05, 0.1) is 17.5 Å². The van der Waals surface area contributed by atoms with Gasteiger partial charge in [0.25, 0.3) is 5.91 Å². The standard InChI is InChI=1S/C24H20FN5O/c25-17-8-6-16(7-9-17)22-23-19(18-4-1-2-5-20(18)28-23)14-21(29-22)24(31)27-10-3-12-30-13-11-26-15-30/h1-2,4-9,11,13-15,28H,3,10,12H2,(H,27,31). The third-order valence-corrected chi connectivity index (χ3v) is 5.28. The summed E-state index contributed by atoms with van der Waals surface area (Å²) < 4.78 is 15.4. The van der Waals surface area contributed by atoms with Crippen LogP contribution >= 0.6 is 0 Å². The number of benzene rings is 2. The van der Waals surface area contributed by atoms with Gasteiger partial charge in [0.2, 0.25) is 0 Å². The van der Waals surface area contributed by atoms with Gasteiger partial charge in [-0.25, -0.2) is 14.4 Å². The molecule has 0 aliphatic rings. The van der Waals surface area contributed by atoms with E-state index in [2.05, 4.69) is 20.3 Å². The first-order chi connectivity index (χ1) is 15.2. The molecule has 5 rings (SSSR count). The Morgan fingerprint density at radius 1 is 1.10 bits per heavy atom. The molecule has 1 amide bonds. The van der Waals surface area contributed by atoms with Crippen LogP contribution in [0.3, 0.4) is 0 Å². The first-order valence-electron chi connectivity index (χ1n) is 10.1. The van der Waals surface area contributed by atoms with Gasteiger partial charge in [0.1, 0.15) is 11.5 Å². The number of H-pyrrole nitrogens is 1. The summed E-state index contributed by atoms with van der Waals surface area (Å²) >= 11 is 0. The van der Waals surface area contributed by atoms with E-state index in [0.29, 0.717) is 17.9 Å². The van der Waals surface area contributed by atoms with Crippen LogP contribution < -0.4 is 5.32 Å². The van der Waals surface area contributed by atoms with E-state index in [0.717, 1.165) is 40.3 Å². The number of imidazole rings is 1. The number of carbonyl (C=O) groups is 1. The van der Waals surface area contributed by atoms with Crippen molar-refractivity contribution in [3.8, 4) is 11.3 Å². The Kier molecular flexibility index (Phi) is 4.92. The molecule has 7 heteroatoms. The molecule has 0 unspecified atom stereocenters. The monoisotopic (exact) mass is 413 g/mol. The van der Waals surface area contributed by atoms with Crippen LogP contribution in [0.2, 0.25) is 0 Å². The minimum absolute atomic E-state index is 0.235. The predicted molar refractivity (Wildman–Crippen MR) is 118 cm³/mol. The molecule has 31 heavy (non-hydrogen) atoms. The highest BCUT2D eigenvalue weighted by Gasteiger charge is 2.17. The van der Waals surface area contributed by atoms with Crippen LogP contribution in [0.1, 0.15) is 16.9 Å². The van der Waals surface area contributed by atoms with E-state index < -0.39 is 0 Å². The zero-order valence-corrected chi connectivity index (χ0v) is 16.7. The van der Waals surface area contributed by atoms with Gasteiger partial charge in [-0.05, 0) is 42.8 Å². The van der Waals surface area contributed by atoms with Gasteiger partial charge in [-0.3, -0.25) is 4.79 Å². The van der Waals surface area contributed by atoms with Gasteiger partial charge in [-0.15, -0.1) is 0 Å². The molecule has 6 nitrogen and oxygen atoms in total. The number of rotatable bonds is 6. The van der Waals surface area contributed by atoms with Gasteiger partial charge in [-0.2, -0.15) is 0 Å². The fourth-order valence-corrected chi connectivity index (χ4v) is 3.75. The lowest BCUT2D eigenvalue weighted by atomic mass is 10.1. The lowest BCUT2D eigenvalue weighted by Gasteiger charge is -2.09. The van der Waals surface area contributed by atoms with Crippen LogP contribution in [0.5, 0.6) is 0 Å². The summed E-state index contributed by atoms with van der Waals surface area (Å²) in [6.07, 6.45) is 6.16. The van der Waals surface area contributed by atoms with E-state index in [1.54, 1.807) is 24.7 Å². The Balaban J connectivity index is 1.49. The fourth-order valence-electron chi connectivity index (χ4n) is 3.75. The quantitative estimate of drug-likeness (QED) is 0.401. The number of aromatic amines is 1. The van der Waals surface area contributed by atoms with Gasteiger partial charge >= 0.3 is 0 Å². The van der Waals surface area contributed by atoms with Gasteiger partial charge in [-0.1, -0.05) is 18.2 Å². The summed E-state index contributed by atoms with van der Waals surface area (Å²) in [5, 5.41) is 4.87. The average Bonchev–Trinajstić information content (AvgIpc) is 3.44. The van der Waals surface area contributed by atoms with Crippen molar-refractivity contribution in [2.24, 2.45) is 0 Å². The maximum absolute atomic E-state index is 13.5. The van der Waals surface area contributed by atoms with Gasteiger partial charge in [0, 0.05) is 47.3 Å². The number of carbonyl (C=O) groups excluding carboxylic acids is 1. The van der Waals surface area contributed by atoms with E-state index >= 15 is 0 Å². The summed E-state index contributed by atoms with van der Waals surface area (Å²) in [5.74, 6) is -0.551. The summed E-state index contributed by atoms with van der Waals surface area (Å²) in [7, 11) is 0. The normalized spacial score (nSPS) is 11.3. The molecule has 3 aromatic heterocycles. The number of pyridine rings is 1. The van der Waals surface area contributed by atoms with Crippen molar-refractivity contribution in [2.45, 2.75) is 13.0 Å². The first-order valence-corrected chi connectivity index (χ1v) is 10.1. The molecule has 0 bridgehead atoms. The second-order valence-electron chi connectivity index (χ2n) is 7.37. The smallest absolute Gasteiger partial charge is 0.269 e. The number of aromatic nitrogens is 4. The zero-order chi connectivity index (χ0) is 21.2. The number of nitrogens with one attached hydrogen (secondary N) is 2. The molecule has 2 N–H and O–H groups in total. The number of fused-ring (bicyclic) bond motifs is 3. The molecule has 0 aliphatic carbocycles. The Morgan fingerprint density at radius 2 is 1.94 bits per heavy atom. The van der Waals surface area contributed by atoms with Crippen molar-refractivity contribution >= 4 is 27.7 Å². The second kappa shape index (κ2) is 8.02. The number of hydrogen-bond acceptors (Lipinski definition) is 3. The third-order valence-electron chi connectivity index (χ3n) is 5.28. The average molecular weight is 413 g/mol. The Hall–Kier alpha value is -4.00. The molecular formula is C24H20FN5O. The molecule has 0 atom stereocenters. The first kappa shape index (κ1) is 19.0. The van der Waals surface area contributed by atoms with Crippen molar-refractivity contribution in [1.82, 2.24) is 24.8 Å². The maximum Gasteiger partial charge on any atom is 0.269 e. The molecule has 154 valence electrons. The SMILES string of the molecule is O=C(NCCCn1ccnc1)c1cc2c([nH]c3ccccc32)c(-c2ccc(F)cc2)n1. The predicted octanol–water partition coefficient (Wildman–Crippen LogP) is 4.54. The Morgan fingerprint density at radius 3 is 2.74 bits per heavy atom. The summed E-state index contributed by atoms with van der Waals surface area (Å²) in [4.78, 5) is 24.9. The number of halogens is 1. The van der Waals surface area contributed by atoms with Crippen LogP contribution in [-0.2, 0) is 6.54 Å². The number of nitrogens with zero attached hydrogens (tertiary/aromatic N) is 3. The van der Waals surface area contributed by atoms with Crippen molar-refractivity contribution < 1.29 is 9.18 Å². The molecule has 5 aromatic rings. The van der Waals surface area contributed by atoms with Crippen molar-refractivity contribution in [1.29, 1.82) is 0 Å². The van der Waals surface area contributed by atoms with Gasteiger partial charge < -0.3 is 14.9 Å². The fraction of sp³-hybridized carbons (Fsp3) is 0.125. The molecule has 0 radical (unpaired) electrons. The van der Waals surface area contributed by atoms with Crippen LogP contribution in [-0.4, -0.2) is 32.0 Å². The lowest BCUT2D eigenvalue weighted by molar-refractivity contribution is 0.0948. The van der Waals surface area contributed by atoms with Crippen LogP contribution in [0.15, 0.2) is 73.3 Å². The highest BCUT2D eigenvalue weighted by Crippen LogP contribution is 2.32. The zero-order valence-electron chi connectivity index (χ0n) is 16.7. The topological polar surface area (TPSA) is 75.6 Å². The van der Waals surface area contributed by atoms with E-state index in [4.69, 9.17) is 0 Å². The number of aryl methyl sites for hydroxylation is 1. The van der Waals surface area contributed by atoms with E-state index in [-0.39, 0.29) is 11.7 Å². The van der Waals surface area contributed by atoms with E-state index in [1.807, 2.05) is 41.1 Å². The molecule has 3 heterocycles. The summed E-state index contributed by atoms with van der Waals surface area (Å²) in [5.41, 5.74) is 3.48. The van der Waals surface area contributed by atoms with Crippen molar-refractivity contribution in [3.63, 3.8) is 0 Å². The maximum atomic E-state index is 13.5. The Labute approximate surface area is 177 Å². The number of para-hydroxylation sites is 1. The summed E-state index contributed by atoms with van der Waals surface area (Å²) in [6.45, 7) is 1.30. The van der Waals surface area contributed by atoms with Gasteiger partial charge in [0.15, 0.2) is 0 Å². The minimum Gasteiger partial charge on any atom is -0.353 e. The third kappa shape index (κ3) is 3.77. The lowest BCUT2D eigenvalue weighted by Crippen LogP contribution is -2.26. The highest BCUT2D eigenvalue weighted by molar-refractivity contribution is 6.13. The second-order valence-corrected chi connectivity index (χ2v) is 7.37. The Bertz CT molecular complexity index is 1360. The molecule has 0 saturated carbocycles. The number of amides is 1. The summed E-state index contributed by atoms with van der Waals surface area (Å²) in [6, 6.07) is 15.9. The van der Waals surface area contributed by atoms with Crippen molar-refractivity contribution in [2.75, 3.05) is 6.54 Å². The van der Waals surface area contributed by atoms with Crippen LogP contribution in [0.4, 0.5) is 4.39 Å². The largest absolute Gasteiger partial charge is 0.353 e. The van der Waals surface area contributed by atoms with E-state index in [1.165, 1.54) is 12.1 Å². The molecule has 0 aliphatic heterocycles.